The molecule has 6 rings (SSSR count). The maximum Gasteiger partial charge on any atom is 0.416 e. The molecular formula is C33H38F6N4O3. The van der Waals surface area contributed by atoms with Crippen LogP contribution in [-0.4, -0.2) is 109 Å². The van der Waals surface area contributed by atoms with E-state index >= 15 is 0 Å². The van der Waals surface area contributed by atoms with E-state index in [4.69, 9.17) is 4.74 Å². The van der Waals surface area contributed by atoms with Crippen molar-refractivity contribution in [3.63, 3.8) is 0 Å². The Morgan fingerprint density at radius 1 is 0.783 bits per heavy atom. The van der Waals surface area contributed by atoms with E-state index in [-0.39, 0.29) is 30.5 Å². The molecule has 7 nitrogen and oxygen atoms in total. The summed E-state index contributed by atoms with van der Waals surface area (Å²) < 4.78 is 86.7. The van der Waals surface area contributed by atoms with E-state index in [0.29, 0.717) is 50.7 Å². The highest BCUT2D eigenvalue weighted by Crippen LogP contribution is 2.37. The average Bonchev–Trinajstić information content (AvgIpc) is 3.55. The summed E-state index contributed by atoms with van der Waals surface area (Å²) in [5.41, 5.74) is -2.67. The van der Waals surface area contributed by atoms with Crippen LogP contribution in [0.5, 0.6) is 0 Å². The van der Waals surface area contributed by atoms with Gasteiger partial charge in [-0.3, -0.25) is 19.4 Å². The number of hydrogen-bond acceptors (Lipinski definition) is 5. The average molecular weight is 653 g/mol. The van der Waals surface area contributed by atoms with Crippen LogP contribution in [0.4, 0.5) is 26.3 Å². The van der Waals surface area contributed by atoms with E-state index in [2.05, 4.69) is 9.80 Å². The summed E-state index contributed by atoms with van der Waals surface area (Å²) in [5, 5.41) is 0. The number of hydrogen-bond donors (Lipinski definition) is 0. The van der Waals surface area contributed by atoms with Gasteiger partial charge in [0.25, 0.3) is 5.91 Å². The SMILES string of the molecule is O=C([C@H]1CCOC1)N1CC(N2CCN(C3CCN(C(=O)c4cc(C(F)(F)F)cc(C(F)(F)F)c4)[C@H](Cc4ccccc4)C3)CC2)C1. The summed E-state index contributed by atoms with van der Waals surface area (Å²) in [5.74, 6) is -0.674. The van der Waals surface area contributed by atoms with Crippen molar-refractivity contribution in [2.75, 3.05) is 59.0 Å². The largest absolute Gasteiger partial charge is 0.416 e. The lowest BCUT2D eigenvalue weighted by atomic mass is 9.90. The zero-order valence-electron chi connectivity index (χ0n) is 25.4. The minimum absolute atomic E-state index is 0.0281. The number of likely N-dealkylation sites (tertiary alicyclic amines) is 2. The zero-order valence-corrected chi connectivity index (χ0v) is 25.4. The second-order valence-electron chi connectivity index (χ2n) is 12.8. The first kappa shape index (κ1) is 32.8. The van der Waals surface area contributed by atoms with Gasteiger partial charge in [-0.15, -0.1) is 0 Å². The molecule has 13 heteroatoms. The van der Waals surface area contributed by atoms with E-state index < -0.39 is 41.0 Å². The fraction of sp³-hybridized carbons (Fsp3) is 0.576. The van der Waals surface area contributed by atoms with Crippen LogP contribution in [0.1, 0.15) is 46.3 Å². The number of alkyl halides is 6. The normalized spacial score (nSPS) is 25.5. The number of halogens is 6. The van der Waals surface area contributed by atoms with Gasteiger partial charge in [-0.1, -0.05) is 30.3 Å². The standard InChI is InChI=1S/C33H38F6N4O3/c34-32(35,36)25-15-24(16-26(17-25)33(37,38)39)31(45)43-8-6-27(18-28(43)14-22-4-2-1-3-5-22)40-9-11-41(12-10-40)29-19-42(20-29)30(44)23-7-13-46-21-23/h1-5,15-17,23,27-29H,6-14,18-21H2/t23-,27?,28+/m0/s1. The summed E-state index contributed by atoms with van der Waals surface area (Å²) in [7, 11) is 0. The third-order valence-corrected chi connectivity index (χ3v) is 9.93. The lowest BCUT2D eigenvalue weighted by Gasteiger charge is -2.51. The molecule has 0 aromatic heterocycles. The Bertz CT molecular complexity index is 1350. The van der Waals surface area contributed by atoms with E-state index in [0.717, 1.165) is 51.3 Å². The van der Waals surface area contributed by atoms with Gasteiger partial charge in [0, 0.05) is 76.1 Å². The van der Waals surface area contributed by atoms with E-state index in [9.17, 15) is 35.9 Å². The maximum atomic E-state index is 13.7. The van der Waals surface area contributed by atoms with Gasteiger partial charge in [0.15, 0.2) is 0 Å². The van der Waals surface area contributed by atoms with Crippen molar-refractivity contribution in [1.29, 1.82) is 0 Å². The number of rotatable bonds is 6. The van der Waals surface area contributed by atoms with Crippen LogP contribution in [0.25, 0.3) is 0 Å². The summed E-state index contributed by atoms with van der Waals surface area (Å²) in [6.07, 6.45) is -7.73. The molecule has 0 N–H and O–H groups in total. The van der Waals surface area contributed by atoms with E-state index in [1.807, 2.05) is 35.2 Å². The number of amides is 2. The summed E-state index contributed by atoms with van der Waals surface area (Å²) in [6, 6.07) is 10.5. The number of carbonyl (C=O) groups excluding carboxylic acids is 2. The molecule has 1 unspecified atom stereocenters. The van der Waals surface area contributed by atoms with Crippen molar-refractivity contribution >= 4 is 11.8 Å². The summed E-state index contributed by atoms with van der Waals surface area (Å²) in [6.45, 7) is 6.10. The Morgan fingerprint density at radius 2 is 1.39 bits per heavy atom. The van der Waals surface area contributed by atoms with Gasteiger partial charge in [-0.25, -0.2) is 0 Å². The Balaban J connectivity index is 1.12. The molecule has 2 amide bonds. The van der Waals surface area contributed by atoms with Gasteiger partial charge in [0.1, 0.15) is 0 Å². The Hall–Kier alpha value is -3.16. The molecule has 4 aliphatic rings. The van der Waals surface area contributed by atoms with Crippen molar-refractivity contribution < 1.29 is 40.7 Å². The molecule has 0 saturated carbocycles. The summed E-state index contributed by atoms with van der Waals surface area (Å²) >= 11 is 0. The van der Waals surface area contributed by atoms with E-state index in [1.165, 1.54) is 4.90 Å². The Morgan fingerprint density at radius 3 is 1.96 bits per heavy atom. The number of carbonyl (C=O) groups is 2. The van der Waals surface area contributed by atoms with Crippen LogP contribution < -0.4 is 0 Å². The van der Waals surface area contributed by atoms with Gasteiger partial charge in [0.05, 0.1) is 23.7 Å². The molecule has 0 spiro atoms. The third-order valence-electron chi connectivity index (χ3n) is 9.93. The molecule has 4 aliphatic heterocycles. The molecule has 46 heavy (non-hydrogen) atoms. The van der Waals surface area contributed by atoms with Crippen LogP contribution in [0.3, 0.4) is 0 Å². The van der Waals surface area contributed by atoms with Gasteiger partial charge >= 0.3 is 12.4 Å². The summed E-state index contributed by atoms with van der Waals surface area (Å²) in [4.78, 5) is 34.5. The lowest BCUT2D eigenvalue weighted by molar-refractivity contribution is -0.144. The Labute approximate surface area is 264 Å². The smallest absolute Gasteiger partial charge is 0.381 e. The first-order chi connectivity index (χ1) is 21.9. The minimum Gasteiger partial charge on any atom is -0.381 e. The zero-order chi connectivity index (χ0) is 32.6. The molecule has 4 saturated heterocycles. The molecule has 0 radical (unpaired) electrons. The number of piperazine rings is 1. The molecule has 4 fully saturated rings. The van der Waals surface area contributed by atoms with Crippen LogP contribution in [0, 0.1) is 5.92 Å². The van der Waals surface area contributed by atoms with Gasteiger partial charge in [0.2, 0.25) is 5.91 Å². The fourth-order valence-electron chi connectivity index (χ4n) is 7.27. The van der Waals surface area contributed by atoms with Crippen molar-refractivity contribution in [1.82, 2.24) is 19.6 Å². The topological polar surface area (TPSA) is 56.3 Å². The van der Waals surface area contributed by atoms with Crippen LogP contribution in [0.15, 0.2) is 48.5 Å². The molecule has 0 bridgehead atoms. The highest BCUT2D eigenvalue weighted by atomic mass is 19.4. The number of benzene rings is 2. The highest BCUT2D eigenvalue weighted by molar-refractivity contribution is 5.95. The van der Waals surface area contributed by atoms with Crippen LogP contribution in [0.2, 0.25) is 0 Å². The molecular weight excluding hydrogens is 614 g/mol. The molecule has 4 heterocycles. The quantitative estimate of drug-likeness (QED) is 0.420. The monoisotopic (exact) mass is 652 g/mol. The number of ether oxygens (including phenoxy) is 1. The predicted molar refractivity (Wildman–Crippen MR) is 157 cm³/mol. The minimum atomic E-state index is -5.03. The third kappa shape index (κ3) is 7.21. The second-order valence-corrected chi connectivity index (χ2v) is 12.8. The molecule has 250 valence electrons. The highest BCUT2D eigenvalue weighted by Gasteiger charge is 2.42. The molecule has 3 atom stereocenters. The number of piperidine rings is 1. The molecule has 2 aromatic carbocycles. The maximum absolute atomic E-state index is 13.7. The van der Waals surface area contributed by atoms with E-state index in [1.54, 1.807) is 0 Å². The fourth-order valence-corrected chi connectivity index (χ4v) is 7.27. The predicted octanol–water partition coefficient (Wildman–Crippen LogP) is 4.81. The lowest BCUT2D eigenvalue weighted by Crippen LogP contribution is -2.65. The Kier molecular flexibility index (Phi) is 9.37. The number of nitrogens with zero attached hydrogens (tertiary/aromatic N) is 4. The van der Waals surface area contributed by atoms with Crippen molar-refractivity contribution in [2.45, 2.75) is 56.2 Å². The first-order valence-electron chi connectivity index (χ1n) is 15.9. The van der Waals surface area contributed by atoms with Crippen LogP contribution in [-0.2, 0) is 28.3 Å². The van der Waals surface area contributed by atoms with Crippen molar-refractivity contribution in [3.8, 4) is 0 Å². The first-order valence-corrected chi connectivity index (χ1v) is 15.9. The molecule has 0 aliphatic carbocycles. The second kappa shape index (κ2) is 13.2. The van der Waals surface area contributed by atoms with Crippen LogP contribution >= 0.6 is 0 Å². The van der Waals surface area contributed by atoms with Gasteiger partial charge in [-0.05, 0) is 49.4 Å². The molecule has 2 aromatic rings. The van der Waals surface area contributed by atoms with Crippen molar-refractivity contribution in [3.05, 3.63) is 70.8 Å². The van der Waals surface area contributed by atoms with Gasteiger partial charge in [-0.2, -0.15) is 26.3 Å². The van der Waals surface area contributed by atoms with Gasteiger partial charge < -0.3 is 14.5 Å². The van der Waals surface area contributed by atoms with Crippen molar-refractivity contribution in [2.24, 2.45) is 5.92 Å².